The average Bonchev–Trinajstić information content (AvgIpc) is 3.50. The number of nitrogens with zero attached hydrogens (tertiary/aromatic N) is 1. The second kappa shape index (κ2) is 9.61. The van der Waals surface area contributed by atoms with Crippen LogP contribution in [0.1, 0.15) is 42.7 Å². The van der Waals surface area contributed by atoms with Gasteiger partial charge in [-0.1, -0.05) is 36.4 Å². The van der Waals surface area contributed by atoms with Crippen molar-refractivity contribution in [3.8, 4) is 5.75 Å². The van der Waals surface area contributed by atoms with Crippen LogP contribution in [0.3, 0.4) is 0 Å². The van der Waals surface area contributed by atoms with Crippen molar-refractivity contribution >= 4 is 5.97 Å². The van der Waals surface area contributed by atoms with E-state index in [0.717, 1.165) is 37.4 Å². The normalized spacial score (nSPS) is 22.0. The molecule has 30 heavy (non-hydrogen) atoms. The summed E-state index contributed by atoms with van der Waals surface area (Å²) in [5.74, 6) is 1.18. The molecule has 4 rings (SSSR count). The topological polar surface area (TPSA) is 49.8 Å². The molecule has 0 radical (unpaired) electrons. The number of halogens is 1. The standard InChI is InChI=1S/C25H30FNO3/c26-23-15-19(16-25(28)29)6-7-24(23)30-13-12-27-10-8-18(9-11-27)14-21-17-22(21)20-4-2-1-3-5-20/h1-7,15,18,21-22H,8-14,16-17H2,(H,28,29)/t21-,22+/m1/s1. The quantitative estimate of drug-likeness (QED) is 0.648. The number of carboxylic acid groups (broad SMARTS) is 1. The van der Waals surface area contributed by atoms with Crippen molar-refractivity contribution in [2.24, 2.45) is 11.8 Å². The molecule has 0 aromatic heterocycles. The van der Waals surface area contributed by atoms with Gasteiger partial charge in [0.15, 0.2) is 11.6 Å². The summed E-state index contributed by atoms with van der Waals surface area (Å²) in [5.41, 5.74) is 1.94. The van der Waals surface area contributed by atoms with Gasteiger partial charge in [-0.25, -0.2) is 4.39 Å². The Morgan fingerprint density at radius 1 is 1.13 bits per heavy atom. The molecule has 2 aliphatic rings. The fourth-order valence-electron chi connectivity index (χ4n) is 4.72. The first-order valence-electron chi connectivity index (χ1n) is 11.0. The number of ether oxygens (including phenoxy) is 1. The first-order valence-corrected chi connectivity index (χ1v) is 11.0. The van der Waals surface area contributed by atoms with Crippen molar-refractivity contribution in [3.05, 3.63) is 65.5 Å². The second-order valence-corrected chi connectivity index (χ2v) is 8.72. The lowest BCUT2D eigenvalue weighted by molar-refractivity contribution is -0.136. The summed E-state index contributed by atoms with van der Waals surface area (Å²) in [5, 5.41) is 8.79. The molecule has 1 aliphatic carbocycles. The summed E-state index contributed by atoms with van der Waals surface area (Å²) in [7, 11) is 0. The molecule has 0 spiro atoms. The third kappa shape index (κ3) is 5.60. The van der Waals surface area contributed by atoms with Crippen LogP contribution in [0.5, 0.6) is 5.75 Å². The fraction of sp³-hybridized carbons (Fsp3) is 0.480. The Balaban J connectivity index is 1.14. The van der Waals surface area contributed by atoms with Gasteiger partial charge < -0.3 is 9.84 Å². The first kappa shape index (κ1) is 20.9. The maximum absolute atomic E-state index is 14.1. The number of hydrogen-bond donors (Lipinski definition) is 1. The number of benzene rings is 2. The highest BCUT2D eigenvalue weighted by atomic mass is 19.1. The van der Waals surface area contributed by atoms with Crippen molar-refractivity contribution in [2.45, 2.75) is 38.0 Å². The van der Waals surface area contributed by atoms with E-state index in [-0.39, 0.29) is 12.2 Å². The molecule has 0 amide bonds. The Bertz CT molecular complexity index is 849. The maximum atomic E-state index is 14.1. The molecule has 1 saturated heterocycles. The largest absolute Gasteiger partial charge is 0.489 e. The highest BCUT2D eigenvalue weighted by Gasteiger charge is 2.39. The molecule has 2 aromatic carbocycles. The molecule has 160 valence electrons. The van der Waals surface area contributed by atoms with Crippen LogP contribution in [0.2, 0.25) is 0 Å². The molecule has 0 unspecified atom stereocenters. The van der Waals surface area contributed by atoms with E-state index in [9.17, 15) is 9.18 Å². The van der Waals surface area contributed by atoms with Crippen LogP contribution in [0.25, 0.3) is 0 Å². The van der Waals surface area contributed by atoms with Crippen molar-refractivity contribution in [2.75, 3.05) is 26.2 Å². The first-order chi connectivity index (χ1) is 14.6. The molecule has 1 N–H and O–H groups in total. The summed E-state index contributed by atoms with van der Waals surface area (Å²) in [6.45, 7) is 3.39. The fourth-order valence-corrected chi connectivity index (χ4v) is 4.72. The number of aliphatic carboxylic acids is 1. The van der Waals surface area contributed by atoms with Crippen LogP contribution in [-0.2, 0) is 11.2 Å². The number of piperidine rings is 1. The van der Waals surface area contributed by atoms with E-state index in [2.05, 4.69) is 35.2 Å². The summed E-state index contributed by atoms with van der Waals surface area (Å²) in [4.78, 5) is 13.1. The zero-order chi connectivity index (χ0) is 20.9. The van der Waals surface area contributed by atoms with Crippen molar-refractivity contribution < 1.29 is 19.0 Å². The Hall–Kier alpha value is -2.40. The number of rotatable bonds is 9. The van der Waals surface area contributed by atoms with Crippen molar-refractivity contribution in [3.63, 3.8) is 0 Å². The Morgan fingerprint density at radius 2 is 1.90 bits per heavy atom. The van der Waals surface area contributed by atoms with E-state index in [4.69, 9.17) is 9.84 Å². The second-order valence-electron chi connectivity index (χ2n) is 8.72. The van der Waals surface area contributed by atoms with Crippen molar-refractivity contribution in [1.29, 1.82) is 0 Å². The lowest BCUT2D eigenvalue weighted by Crippen LogP contribution is -2.36. The Labute approximate surface area is 177 Å². The summed E-state index contributed by atoms with van der Waals surface area (Å²) in [6.07, 6.45) is 4.97. The number of likely N-dealkylation sites (tertiary alicyclic amines) is 1. The van der Waals surface area contributed by atoms with Gasteiger partial charge in [-0.2, -0.15) is 0 Å². The summed E-state index contributed by atoms with van der Waals surface area (Å²) < 4.78 is 19.7. The van der Waals surface area contributed by atoms with Crippen LogP contribution in [-0.4, -0.2) is 42.2 Å². The van der Waals surface area contributed by atoms with Crippen LogP contribution in [0.15, 0.2) is 48.5 Å². The predicted molar refractivity (Wildman–Crippen MR) is 114 cm³/mol. The average molecular weight is 412 g/mol. The minimum atomic E-state index is -0.969. The minimum absolute atomic E-state index is 0.181. The molecule has 0 bridgehead atoms. The van der Waals surface area contributed by atoms with Gasteiger partial charge >= 0.3 is 5.97 Å². The van der Waals surface area contributed by atoms with E-state index in [1.165, 1.54) is 43.4 Å². The van der Waals surface area contributed by atoms with Crippen LogP contribution in [0, 0.1) is 17.7 Å². The monoisotopic (exact) mass is 411 g/mol. The van der Waals surface area contributed by atoms with E-state index in [0.29, 0.717) is 12.2 Å². The predicted octanol–water partition coefficient (Wildman–Crippen LogP) is 4.74. The van der Waals surface area contributed by atoms with Gasteiger partial charge in [0.1, 0.15) is 6.61 Å². The van der Waals surface area contributed by atoms with Gasteiger partial charge in [-0.3, -0.25) is 9.69 Å². The van der Waals surface area contributed by atoms with E-state index in [1.807, 2.05) is 0 Å². The van der Waals surface area contributed by atoms with E-state index >= 15 is 0 Å². The number of hydrogen-bond acceptors (Lipinski definition) is 3. The molecule has 5 heteroatoms. The van der Waals surface area contributed by atoms with Crippen LogP contribution < -0.4 is 4.74 Å². The van der Waals surface area contributed by atoms with Gasteiger partial charge in [-0.15, -0.1) is 0 Å². The molecule has 2 atom stereocenters. The zero-order valence-corrected chi connectivity index (χ0v) is 17.3. The lowest BCUT2D eigenvalue weighted by Gasteiger charge is -2.32. The van der Waals surface area contributed by atoms with Crippen molar-refractivity contribution in [1.82, 2.24) is 4.90 Å². The SMILES string of the molecule is O=C(O)Cc1ccc(OCCN2CCC(C[C@@H]3C[C@H]3c3ccccc3)CC2)c(F)c1. The van der Waals surface area contributed by atoms with E-state index in [1.54, 1.807) is 6.07 Å². The third-order valence-electron chi connectivity index (χ3n) is 6.51. The molecule has 1 heterocycles. The van der Waals surface area contributed by atoms with Gasteiger partial charge in [0.25, 0.3) is 0 Å². The Morgan fingerprint density at radius 3 is 2.60 bits per heavy atom. The maximum Gasteiger partial charge on any atom is 0.307 e. The van der Waals surface area contributed by atoms with Crippen LogP contribution >= 0.6 is 0 Å². The highest BCUT2D eigenvalue weighted by molar-refractivity contribution is 5.70. The van der Waals surface area contributed by atoms with Gasteiger partial charge in [-0.05, 0) is 79.8 Å². The smallest absolute Gasteiger partial charge is 0.307 e. The molecule has 2 fully saturated rings. The van der Waals surface area contributed by atoms with Gasteiger partial charge in [0.05, 0.1) is 6.42 Å². The number of carbonyl (C=O) groups is 1. The molecular weight excluding hydrogens is 381 g/mol. The molecule has 1 saturated carbocycles. The summed E-state index contributed by atoms with van der Waals surface area (Å²) in [6, 6.07) is 15.3. The van der Waals surface area contributed by atoms with E-state index < -0.39 is 11.8 Å². The van der Waals surface area contributed by atoms with Gasteiger partial charge in [0, 0.05) is 6.54 Å². The summed E-state index contributed by atoms with van der Waals surface area (Å²) >= 11 is 0. The van der Waals surface area contributed by atoms with Crippen LogP contribution in [0.4, 0.5) is 4.39 Å². The molecule has 4 nitrogen and oxygen atoms in total. The molecular formula is C25H30FNO3. The number of carboxylic acids is 1. The highest BCUT2D eigenvalue weighted by Crippen LogP contribution is 2.51. The third-order valence-corrected chi connectivity index (χ3v) is 6.51. The molecule has 1 aliphatic heterocycles. The Kier molecular flexibility index (Phi) is 6.68. The molecule has 2 aromatic rings. The zero-order valence-electron chi connectivity index (χ0n) is 17.3. The minimum Gasteiger partial charge on any atom is -0.489 e. The van der Waals surface area contributed by atoms with Gasteiger partial charge in [0.2, 0.25) is 0 Å². The lowest BCUT2D eigenvalue weighted by atomic mass is 9.90.